The van der Waals surface area contributed by atoms with Gasteiger partial charge in [0, 0.05) is 0 Å². The number of hydrogen-bond donors (Lipinski definition) is 0. The van der Waals surface area contributed by atoms with E-state index in [0.29, 0.717) is 0 Å². The standard InChI is InChI=1S/C15H29I/c1-2-3-4-5-6-7-10-14-13-15(14)11-8-9-12-16/h14-15H,2-13H2,1H3. The van der Waals surface area contributed by atoms with Crippen molar-refractivity contribution in [1.29, 1.82) is 0 Å². The maximum absolute atomic E-state index is 2.50. The van der Waals surface area contributed by atoms with E-state index in [2.05, 4.69) is 29.5 Å². The highest BCUT2D eigenvalue weighted by Gasteiger charge is 2.34. The molecule has 0 N–H and O–H groups in total. The number of rotatable bonds is 11. The van der Waals surface area contributed by atoms with Gasteiger partial charge in [-0.3, -0.25) is 0 Å². The van der Waals surface area contributed by atoms with Crippen LogP contribution in [0.1, 0.15) is 77.6 Å². The third-order valence-corrected chi connectivity index (χ3v) is 4.72. The van der Waals surface area contributed by atoms with E-state index in [-0.39, 0.29) is 0 Å². The molecule has 2 unspecified atom stereocenters. The van der Waals surface area contributed by atoms with Gasteiger partial charge in [0.1, 0.15) is 0 Å². The molecule has 0 nitrogen and oxygen atoms in total. The maximum Gasteiger partial charge on any atom is -0.000473 e. The third-order valence-electron chi connectivity index (χ3n) is 3.96. The molecule has 0 aliphatic heterocycles. The van der Waals surface area contributed by atoms with Crippen LogP contribution in [0.15, 0.2) is 0 Å². The smallest absolute Gasteiger partial charge is 0.000473 e. The highest BCUT2D eigenvalue weighted by molar-refractivity contribution is 14.1. The molecular formula is C15H29I. The quantitative estimate of drug-likeness (QED) is 0.247. The Morgan fingerprint density at radius 3 is 2.00 bits per heavy atom. The lowest BCUT2D eigenvalue weighted by molar-refractivity contribution is 0.531. The second-order valence-electron chi connectivity index (χ2n) is 5.50. The van der Waals surface area contributed by atoms with Crippen LogP contribution in [0.3, 0.4) is 0 Å². The van der Waals surface area contributed by atoms with Crippen LogP contribution >= 0.6 is 22.6 Å². The lowest BCUT2D eigenvalue weighted by atomic mass is 10.1. The number of hydrogen-bond acceptors (Lipinski definition) is 0. The van der Waals surface area contributed by atoms with Gasteiger partial charge in [-0.1, -0.05) is 87.3 Å². The summed E-state index contributed by atoms with van der Waals surface area (Å²) in [6, 6.07) is 0. The second kappa shape index (κ2) is 9.73. The topological polar surface area (TPSA) is 0 Å². The van der Waals surface area contributed by atoms with E-state index in [9.17, 15) is 0 Å². The lowest BCUT2D eigenvalue weighted by Gasteiger charge is -2.01. The van der Waals surface area contributed by atoms with E-state index in [1.807, 2.05) is 0 Å². The van der Waals surface area contributed by atoms with E-state index in [0.717, 1.165) is 11.8 Å². The predicted octanol–water partition coefficient (Wildman–Crippen LogP) is 5.98. The SMILES string of the molecule is CCCCCCCCC1CC1CCCCI. The lowest BCUT2D eigenvalue weighted by Crippen LogP contribution is -1.86. The average molecular weight is 336 g/mol. The molecule has 0 heterocycles. The first kappa shape index (κ1) is 14.8. The fraction of sp³-hybridized carbons (Fsp3) is 1.00. The van der Waals surface area contributed by atoms with Crippen molar-refractivity contribution in [2.24, 2.45) is 11.8 Å². The van der Waals surface area contributed by atoms with Crippen molar-refractivity contribution in [1.82, 2.24) is 0 Å². The van der Waals surface area contributed by atoms with Crippen LogP contribution in [0.2, 0.25) is 0 Å². The number of alkyl halides is 1. The molecule has 0 aromatic carbocycles. The Morgan fingerprint density at radius 1 is 0.812 bits per heavy atom. The van der Waals surface area contributed by atoms with E-state index >= 15 is 0 Å². The van der Waals surface area contributed by atoms with E-state index in [1.165, 1.54) is 62.2 Å². The monoisotopic (exact) mass is 336 g/mol. The van der Waals surface area contributed by atoms with Gasteiger partial charge < -0.3 is 0 Å². The van der Waals surface area contributed by atoms with Crippen molar-refractivity contribution in [3.05, 3.63) is 0 Å². The Morgan fingerprint density at radius 2 is 1.38 bits per heavy atom. The first-order valence-electron chi connectivity index (χ1n) is 7.44. The van der Waals surface area contributed by atoms with Gasteiger partial charge in [-0.05, 0) is 29.1 Å². The van der Waals surface area contributed by atoms with Crippen molar-refractivity contribution < 1.29 is 0 Å². The fourth-order valence-corrected chi connectivity index (χ4v) is 3.24. The van der Waals surface area contributed by atoms with Crippen molar-refractivity contribution in [3.63, 3.8) is 0 Å². The predicted molar refractivity (Wildman–Crippen MR) is 82.3 cm³/mol. The van der Waals surface area contributed by atoms with Crippen molar-refractivity contribution >= 4 is 22.6 Å². The van der Waals surface area contributed by atoms with Gasteiger partial charge in [0.05, 0.1) is 0 Å². The molecule has 1 saturated carbocycles. The average Bonchev–Trinajstić information content (AvgIpc) is 3.03. The van der Waals surface area contributed by atoms with Crippen molar-refractivity contribution in [3.8, 4) is 0 Å². The van der Waals surface area contributed by atoms with Crippen molar-refractivity contribution in [2.45, 2.75) is 77.6 Å². The Balaban J connectivity index is 1.78. The van der Waals surface area contributed by atoms with Crippen LogP contribution in [-0.2, 0) is 0 Å². The zero-order chi connectivity index (χ0) is 11.6. The van der Waals surface area contributed by atoms with Crippen LogP contribution in [0, 0.1) is 11.8 Å². The minimum Gasteiger partial charge on any atom is -0.0864 e. The summed E-state index contributed by atoms with van der Waals surface area (Å²) < 4.78 is 1.35. The maximum atomic E-state index is 2.50. The summed E-state index contributed by atoms with van der Waals surface area (Å²) in [5, 5.41) is 0. The molecular weight excluding hydrogens is 307 g/mol. The van der Waals surface area contributed by atoms with E-state index in [4.69, 9.17) is 0 Å². The summed E-state index contributed by atoms with van der Waals surface area (Å²) in [6.45, 7) is 2.30. The van der Waals surface area contributed by atoms with Gasteiger partial charge in [0.2, 0.25) is 0 Å². The van der Waals surface area contributed by atoms with Crippen LogP contribution in [0.4, 0.5) is 0 Å². The van der Waals surface area contributed by atoms with E-state index in [1.54, 1.807) is 12.8 Å². The minimum absolute atomic E-state index is 1.14. The summed E-state index contributed by atoms with van der Waals surface area (Å²) in [5.41, 5.74) is 0. The molecule has 0 radical (unpaired) electrons. The first-order chi connectivity index (χ1) is 7.88. The molecule has 16 heavy (non-hydrogen) atoms. The number of halogens is 1. The summed E-state index contributed by atoms with van der Waals surface area (Å²) in [5.74, 6) is 2.28. The highest BCUT2D eigenvalue weighted by atomic mass is 127. The Bertz CT molecular complexity index is 156. The summed E-state index contributed by atoms with van der Waals surface area (Å²) >= 11 is 2.50. The molecule has 0 spiro atoms. The second-order valence-corrected chi connectivity index (χ2v) is 6.58. The molecule has 0 aromatic heterocycles. The third kappa shape index (κ3) is 7.13. The zero-order valence-electron chi connectivity index (χ0n) is 11.0. The molecule has 1 heteroatoms. The Hall–Kier alpha value is 0.730. The molecule has 0 bridgehead atoms. The molecule has 1 aliphatic rings. The molecule has 1 rings (SSSR count). The van der Waals surface area contributed by atoms with Crippen molar-refractivity contribution in [2.75, 3.05) is 4.43 Å². The summed E-state index contributed by atoms with van der Waals surface area (Å²) in [6.07, 6.45) is 16.4. The molecule has 2 atom stereocenters. The molecule has 96 valence electrons. The van der Waals surface area contributed by atoms with Crippen LogP contribution in [0.5, 0.6) is 0 Å². The van der Waals surface area contributed by atoms with Gasteiger partial charge in [-0.25, -0.2) is 0 Å². The summed E-state index contributed by atoms with van der Waals surface area (Å²) in [4.78, 5) is 0. The Labute approximate surface area is 116 Å². The zero-order valence-corrected chi connectivity index (χ0v) is 13.2. The highest BCUT2D eigenvalue weighted by Crippen LogP contribution is 2.45. The minimum atomic E-state index is 1.14. The molecule has 0 amide bonds. The van der Waals surface area contributed by atoms with Crippen LogP contribution in [0.25, 0.3) is 0 Å². The van der Waals surface area contributed by atoms with Gasteiger partial charge in [-0.2, -0.15) is 0 Å². The fourth-order valence-electron chi connectivity index (χ4n) is 2.71. The molecule has 0 saturated heterocycles. The molecule has 1 aliphatic carbocycles. The van der Waals surface area contributed by atoms with Gasteiger partial charge >= 0.3 is 0 Å². The van der Waals surface area contributed by atoms with Crippen LogP contribution < -0.4 is 0 Å². The first-order valence-corrected chi connectivity index (χ1v) is 8.97. The normalized spacial score (nSPS) is 23.6. The van der Waals surface area contributed by atoms with Crippen LogP contribution in [-0.4, -0.2) is 4.43 Å². The largest absolute Gasteiger partial charge is 0.0864 e. The number of unbranched alkanes of at least 4 members (excludes halogenated alkanes) is 6. The summed E-state index contributed by atoms with van der Waals surface area (Å²) in [7, 11) is 0. The molecule has 0 aromatic rings. The Kier molecular flexibility index (Phi) is 8.99. The van der Waals surface area contributed by atoms with E-state index < -0.39 is 0 Å². The molecule has 1 fully saturated rings. The van der Waals surface area contributed by atoms with Gasteiger partial charge in [0.25, 0.3) is 0 Å². The van der Waals surface area contributed by atoms with Gasteiger partial charge in [0.15, 0.2) is 0 Å². The van der Waals surface area contributed by atoms with Gasteiger partial charge in [-0.15, -0.1) is 0 Å².